The van der Waals surface area contributed by atoms with Gasteiger partial charge >= 0.3 is 0 Å². The number of carbonyl (C=O) groups excluding carboxylic acids is 1. The lowest BCUT2D eigenvalue weighted by Gasteiger charge is -2.08. The van der Waals surface area contributed by atoms with E-state index in [-0.39, 0.29) is 5.41 Å². The summed E-state index contributed by atoms with van der Waals surface area (Å²) in [5, 5.41) is 0. The van der Waals surface area contributed by atoms with Gasteiger partial charge in [0.1, 0.15) is 5.78 Å². The van der Waals surface area contributed by atoms with Crippen LogP contribution in [0.2, 0.25) is 0 Å². The molecule has 1 rings (SSSR count). The lowest BCUT2D eigenvalue weighted by Crippen LogP contribution is -2.12. The van der Waals surface area contributed by atoms with Gasteiger partial charge in [0.15, 0.2) is 0 Å². The predicted molar refractivity (Wildman–Crippen MR) is 45.3 cm³/mol. The van der Waals surface area contributed by atoms with Crippen LogP contribution in [0.1, 0.15) is 26.2 Å². The molecule has 1 nitrogen and oxygen atoms in total. The highest BCUT2D eigenvalue weighted by molar-refractivity contribution is 7.98. The van der Waals surface area contributed by atoms with E-state index in [1.54, 1.807) is 6.92 Å². The Kier molecular flexibility index (Phi) is 2.40. The summed E-state index contributed by atoms with van der Waals surface area (Å²) in [4.78, 5) is 11.0. The smallest absolute Gasteiger partial charge is 0.135 e. The molecule has 10 heavy (non-hydrogen) atoms. The maximum atomic E-state index is 11.0. The molecule has 0 aromatic heterocycles. The van der Waals surface area contributed by atoms with Gasteiger partial charge in [-0.15, -0.1) is 0 Å². The summed E-state index contributed by atoms with van der Waals surface area (Å²) in [5.74, 6) is 1.54. The van der Waals surface area contributed by atoms with Gasteiger partial charge in [-0.1, -0.05) is 0 Å². The van der Waals surface area contributed by atoms with Crippen molar-refractivity contribution in [2.24, 2.45) is 5.41 Å². The van der Waals surface area contributed by atoms with Crippen molar-refractivity contribution in [3.05, 3.63) is 0 Å². The molecule has 0 N–H and O–H groups in total. The van der Waals surface area contributed by atoms with Crippen LogP contribution in [-0.4, -0.2) is 17.8 Å². The SMILES string of the molecule is CSCCC1(C(C)=O)CC1. The summed E-state index contributed by atoms with van der Waals surface area (Å²) in [6.45, 7) is 1.73. The monoisotopic (exact) mass is 158 g/mol. The van der Waals surface area contributed by atoms with E-state index in [1.165, 1.54) is 0 Å². The van der Waals surface area contributed by atoms with E-state index in [9.17, 15) is 4.79 Å². The zero-order valence-electron chi connectivity index (χ0n) is 6.64. The van der Waals surface area contributed by atoms with E-state index in [4.69, 9.17) is 0 Å². The Balaban J connectivity index is 2.31. The summed E-state index contributed by atoms with van der Waals surface area (Å²) in [7, 11) is 0. The molecule has 1 fully saturated rings. The van der Waals surface area contributed by atoms with Gasteiger partial charge < -0.3 is 0 Å². The zero-order chi connectivity index (χ0) is 7.61. The van der Waals surface area contributed by atoms with Gasteiger partial charge in [0, 0.05) is 5.41 Å². The quantitative estimate of drug-likeness (QED) is 0.623. The van der Waals surface area contributed by atoms with Gasteiger partial charge in [0.2, 0.25) is 0 Å². The van der Waals surface area contributed by atoms with Crippen molar-refractivity contribution >= 4 is 17.5 Å². The normalized spacial score (nSPS) is 20.6. The summed E-state index contributed by atoms with van der Waals surface area (Å²) in [6.07, 6.45) is 5.48. The second-order valence-electron chi connectivity index (χ2n) is 3.08. The van der Waals surface area contributed by atoms with Gasteiger partial charge in [0.05, 0.1) is 0 Å². The first-order chi connectivity index (χ1) is 4.71. The first kappa shape index (κ1) is 8.12. The summed E-state index contributed by atoms with van der Waals surface area (Å²) in [6, 6.07) is 0. The molecule has 0 unspecified atom stereocenters. The van der Waals surface area contributed by atoms with Crippen molar-refractivity contribution in [1.29, 1.82) is 0 Å². The van der Waals surface area contributed by atoms with Crippen LogP contribution in [0.5, 0.6) is 0 Å². The third kappa shape index (κ3) is 1.54. The third-order valence-electron chi connectivity index (χ3n) is 2.39. The number of carbonyl (C=O) groups is 1. The lowest BCUT2D eigenvalue weighted by atomic mass is 9.99. The number of hydrogen-bond donors (Lipinski definition) is 0. The van der Waals surface area contributed by atoms with E-state index in [2.05, 4.69) is 6.26 Å². The third-order valence-corrected chi connectivity index (χ3v) is 3.00. The number of Topliss-reactive ketones (excluding diaryl/α,β-unsaturated/α-hetero) is 1. The van der Waals surface area contributed by atoms with Crippen molar-refractivity contribution in [3.63, 3.8) is 0 Å². The number of thioether (sulfide) groups is 1. The maximum absolute atomic E-state index is 11.0. The molecule has 2 heteroatoms. The number of hydrogen-bond acceptors (Lipinski definition) is 2. The highest BCUT2D eigenvalue weighted by atomic mass is 32.2. The molecule has 58 valence electrons. The molecular weight excluding hydrogens is 144 g/mol. The van der Waals surface area contributed by atoms with Gasteiger partial charge in [-0.2, -0.15) is 11.8 Å². The molecule has 1 saturated carbocycles. The van der Waals surface area contributed by atoms with Crippen molar-refractivity contribution in [1.82, 2.24) is 0 Å². The molecule has 0 saturated heterocycles. The average Bonchev–Trinajstić information content (AvgIpc) is 2.64. The molecule has 0 aromatic rings. The molecule has 1 aliphatic rings. The fourth-order valence-electron chi connectivity index (χ4n) is 1.23. The van der Waals surface area contributed by atoms with Crippen LogP contribution in [0.4, 0.5) is 0 Å². The molecule has 0 aromatic carbocycles. The minimum absolute atomic E-state index is 0.142. The van der Waals surface area contributed by atoms with E-state index in [0.717, 1.165) is 25.0 Å². The molecular formula is C8H14OS. The maximum Gasteiger partial charge on any atom is 0.135 e. The van der Waals surface area contributed by atoms with Crippen molar-refractivity contribution in [3.8, 4) is 0 Å². The van der Waals surface area contributed by atoms with Crippen molar-refractivity contribution < 1.29 is 4.79 Å². The fourth-order valence-corrected chi connectivity index (χ4v) is 1.82. The minimum atomic E-state index is 0.142. The van der Waals surface area contributed by atoms with Crippen molar-refractivity contribution in [2.45, 2.75) is 26.2 Å². The van der Waals surface area contributed by atoms with Crippen molar-refractivity contribution in [2.75, 3.05) is 12.0 Å². The van der Waals surface area contributed by atoms with Gasteiger partial charge in [0.25, 0.3) is 0 Å². The Hall–Kier alpha value is 0.0200. The van der Waals surface area contributed by atoms with Gasteiger partial charge in [-0.3, -0.25) is 4.79 Å². The molecule has 0 spiro atoms. The summed E-state index contributed by atoms with van der Waals surface area (Å²) < 4.78 is 0. The minimum Gasteiger partial charge on any atom is -0.299 e. The molecule has 1 aliphatic carbocycles. The highest BCUT2D eigenvalue weighted by Crippen LogP contribution is 2.49. The average molecular weight is 158 g/mol. The Morgan fingerprint density at radius 2 is 2.20 bits per heavy atom. The molecule has 0 radical (unpaired) electrons. The van der Waals surface area contributed by atoms with Crippen LogP contribution in [0.15, 0.2) is 0 Å². The Morgan fingerprint density at radius 1 is 1.60 bits per heavy atom. The lowest BCUT2D eigenvalue weighted by molar-refractivity contribution is -0.122. The Morgan fingerprint density at radius 3 is 2.50 bits per heavy atom. The zero-order valence-corrected chi connectivity index (χ0v) is 7.46. The standard InChI is InChI=1S/C8H14OS/c1-7(9)8(3-4-8)5-6-10-2/h3-6H2,1-2H3. The Bertz CT molecular complexity index is 138. The topological polar surface area (TPSA) is 17.1 Å². The van der Waals surface area contributed by atoms with Gasteiger partial charge in [-0.05, 0) is 38.2 Å². The van der Waals surface area contributed by atoms with Crippen LogP contribution in [0.3, 0.4) is 0 Å². The second-order valence-corrected chi connectivity index (χ2v) is 4.06. The molecule has 0 aliphatic heterocycles. The van der Waals surface area contributed by atoms with E-state index in [1.807, 2.05) is 11.8 Å². The number of rotatable bonds is 4. The fraction of sp³-hybridized carbons (Fsp3) is 0.875. The van der Waals surface area contributed by atoms with Crippen LogP contribution < -0.4 is 0 Å². The molecule has 0 atom stereocenters. The first-order valence-corrected chi connectivity index (χ1v) is 5.11. The van der Waals surface area contributed by atoms with Crippen LogP contribution in [0.25, 0.3) is 0 Å². The second kappa shape index (κ2) is 2.95. The highest BCUT2D eigenvalue weighted by Gasteiger charge is 2.46. The van der Waals surface area contributed by atoms with E-state index >= 15 is 0 Å². The molecule has 0 bridgehead atoms. The van der Waals surface area contributed by atoms with E-state index < -0.39 is 0 Å². The number of ketones is 1. The largest absolute Gasteiger partial charge is 0.299 e. The van der Waals surface area contributed by atoms with Crippen LogP contribution >= 0.6 is 11.8 Å². The van der Waals surface area contributed by atoms with E-state index in [0.29, 0.717) is 5.78 Å². The van der Waals surface area contributed by atoms with Crippen LogP contribution in [-0.2, 0) is 4.79 Å². The first-order valence-electron chi connectivity index (χ1n) is 3.71. The van der Waals surface area contributed by atoms with Crippen LogP contribution in [0, 0.1) is 5.41 Å². The Labute approximate surface area is 66.6 Å². The molecule has 0 heterocycles. The van der Waals surface area contributed by atoms with Gasteiger partial charge in [-0.25, -0.2) is 0 Å². The molecule has 0 amide bonds. The summed E-state index contributed by atoms with van der Waals surface area (Å²) >= 11 is 1.83. The predicted octanol–water partition coefficient (Wildman–Crippen LogP) is 2.11. The summed E-state index contributed by atoms with van der Waals surface area (Å²) in [5.41, 5.74) is 0.142.